The van der Waals surface area contributed by atoms with Crippen molar-refractivity contribution in [1.82, 2.24) is 0 Å². The maximum absolute atomic E-state index is 13.2. The van der Waals surface area contributed by atoms with Gasteiger partial charge in [0.1, 0.15) is 5.82 Å². The van der Waals surface area contributed by atoms with E-state index in [0.29, 0.717) is 16.7 Å². The Morgan fingerprint density at radius 1 is 1.26 bits per heavy atom. The fourth-order valence-corrected chi connectivity index (χ4v) is 1.96. The highest BCUT2D eigenvalue weighted by molar-refractivity contribution is 5.99. The Morgan fingerprint density at radius 2 is 2.00 bits per heavy atom. The minimum absolute atomic E-state index is 0.0528. The first-order chi connectivity index (χ1) is 9.04. The Labute approximate surface area is 110 Å². The van der Waals surface area contributed by atoms with Crippen molar-refractivity contribution in [3.63, 3.8) is 0 Å². The van der Waals surface area contributed by atoms with Gasteiger partial charge in [-0.3, -0.25) is 4.79 Å². The molecule has 0 radical (unpaired) electrons. The van der Waals surface area contributed by atoms with E-state index in [4.69, 9.17) is 11.5 Å². The topological polar surface area (TPSA) is 69.1 Å². The molecule has 0 unspecified atom stereocenters. The van der Waals surface area contributed by atoms with E-state index in [1.54, 1.807) is 30.3 Å². The second-order valence-electron chi connectivity index (χ2n) is 4.07. The normalized spacial score (nSPS) is 10.2. The van der Waals surface area contributed by atoms with Gasteiger partial charge >= 0.3 is 0 Å². The van der Waals surface area contributed by atoms with Gasteiger partial charge in [-0.15, -0.1) is 0 Å². The SMILES string of the molecule is C=Cc1c(C(N)=O)cccc1-c1ccc(F)c(N)c1. The summed E-state index contributed by atoms with van der Waals surface area (Å²) >= 11 is 0. The highest BCUT2D eigenvalue weighted by Crippen LogP contribution is 2.29. The largest absolute Gasteiger partial charge is 0.396 e. The molecular formula is C15H13FN2O. The zero-order chi connectivity index (χ0) is 14.0. The number of hydrogen-bond donors (Lipinski definition) is 2. The molecule has 1 amide bonds. The molecule has 0 atom stereocenters. The highest BCUT2D eigenvalue weighted by Gasteiger charge is 2.12. The number of rotatable bonds is 3. The van der Waals surface area contributed by atoms with Gasteiger partial charge in [0.2, 0.25) is 5.91 Å². The lowest BCUT2D eigenvalue weighted by molar-refractivity contribution is 0.1000. The fourth-order valence-electron chi connectivity index (χ4n) is 1.96. The number of anilines is 1. The Balaban J connectivity index is 2.68. The molecule has 0 aliphatic heterocycles. The summed E-state index contributed by atoms with van der Waals surface area (Å²) in [7, 11) is 0. The number of carbonyl (C=O) groups excluding carboxylic acids is 1. The first kappa shape index (κ1) is 12.8. The average Bonchev–Trinajstić information content (AvgIpc) is 2.40. The first-order valence-corrected chi connectivity index (χ1v) is 5.65. The quantitative estimate of drug-likeness (QED) is 0.829. The van der Waals surface area contributed by atoms with Crippen LogP contribution < -0.4 is 11.5 Å². The molecule has 0 spiro atoms. The molecule has 2 aromatic rings. The lowest BCUT2D eigenvalue weighted by Gasteiger charge is -2.10. The molecular weight excluding hydrogens is 243 g/mol. The third-order valence-corrected chi connectivity index (χ3v) is 2.88. The third kappa shape index (κ3) is 2.33. The summed E-state index contributed by atoms with van der Waals surface area (Å²) in [6, 6.07) is 9.53. The van der Waals surface area contributed by atoms with Gasteiger partial charge in [-0.05, 0) is 34.9 Å². The van der Waals surface area contributed by atoms with Crippen LogP contribution in [0.2, 0.25) is 0 Å². The smallest absolute Gasteiger partial charge is 0.249 e. The number of nitrogens with two attached hydrogens (primary N) is 2. The van der Waals surface area contributed by atoms with Gasteiger partial charge in [0.25, 0.3) is 0 Å². The molecule has 96 valence electrons. The van der Waals surface area contributed by atoms with Crippen molar-refractivity contribution < 1.29 is 9.18 Å². The number of hydrogen-bond acceptors (Lipinski definition) is 2. The van der Waals surface area contributed by atoms with Crippen LogP contribution in [0.5, 0.6) is 0 Å². The molecule has 0 aliphatic rings. The minimum atomic E-state index is -0.535. The van der Waals surface area contributed by atoms with Crippen LogP contribution in [0.1, 0.15) is 15.9 Å². The Bertz CT molecular complexity index is 665. The number of nitrogen functional groups attached to an aromatic ring is 1. The molecule has 0 heterocycles. The summed E-state index contributed by atoms with van der Waals surface area (Å²) in [5, 5.41) is 0. The zero-order valence-electron chi connectivity index (χ0n) is 10.2. The van der Waals surface area contributed by atoms with Crippen LogP contribution in [-0.2, 0) is 0 Å². The molecule has 0 saturated heterocycles. The van der Waals surface area contributed by atoms with E-state index in [1.165, 1.54) is 12.1 Å². The Hall–Kier alpha value is -2.62. The maximum Gasteiger partial charge on any atom is 0.249 e. The van der Waals surface area contributed by atoms with Gasteiger partial charge in [-0.2, -0.15) is 0 Å². The molecule has 4 N–H and O–H groups in total. The van der Waals surface area contributed by atoms with E-state index < -0.39 is 11.7 Å². The predicted molar refractivity (Wildman–Crippen MR) is 74.9 cm³/mol. The molecule has 0 fully saturated rings. The van der Waals surface area contributed by atoms with Crippen molar-refractivity contribution in [2.75, 3.05) is 5.73 Å². The van der Waals surface area contributed by atoms with Crippen LogP contribution in [0.3, 0.4) is 0 Å². The Kier molecular flexibility index (Phi) is 3.33. The van der Waals surface area contributed by atoms with Crippen molar-refractivity contribution in [3.8, 4) is 11.1 Å². The summed E-state index contributed by atoms with van der Waals surface area (Å²) < 4.78 is 13.2. The number of primary amides is 1. The van der Waals surface area contributed by atoms with Crippen molar-refractivity contribution in [3.05, 3.63) is 59.9 Å². The zero-order valence-corrected chi connectivity index (χ0v) is 10.2. The van der Waals surface area contributed by atoms with Crippen LogP contribution in [0.4, 0.5) is 10.1 Å². The summed E-state index contributed by atoms with van der Waals surface area (Å²) in [6.07, 6.45) is 1.55. The van der Waals surface area contributed by atoms with Gasteiger partial charge in [-0.25, -0.2) is 4.39 Å². The molecule has 0 saturated carbocycles. The summed E-state index contributed by atoms with van der Waals surface area (Å²) in [6.45, 7) is 3.69. The molecule has 2 rings (SSSR count). The highest BCUT2D eigenvalue weighted by atomic mass is 19.1. The molecule has 4 heteroatoms. The van der Waals surface area contributed by atoms with Crippen molar-refractivity contribution >= 4 is 17.7 Å². The van der Waals surface area contributed by atoms with E-state index in [-0.39, 0.29) is 5.69 Å². The molecule has 0 aliphatic carbocycles. The van der Waals surface area contributed by atoms with E-state index in [1.807, 2.05) is 0 Å². The molecule has 0 aromatic heterocycles. The van der Waals surface area contributed by atoms with E-state index >= 15 is 0 Å². The first-order valence-electron chi connectivity index (χ1n) is 5.65. The lowest BCUT2D eigenvalue weighted by atomic mass is 9.95. The number of carbonyl (C=O) groups is 1. The van der Waals surface area contributed by atoms with Crippen molar-refractivity contribution in [1.29, 1.82) is 0 Å². The number of amides is 1. The summed E-state index contributed by atoms with van der Waals surface area (Å²) in [5.41, 5.74) is 13.3. The van der Waals surface area contributed by atoms with Crippen LogP contribution in [0.15, 0.2) is 43.0 Å². The minimum Gasteiger partial charge on any atom is -0.396 e. The van der Waals surface area contributed by atoms with E-state index in [2.05, 4.69) is 6.58 Å². The van der Waals surface area contributed by atoms with Gasteiger partial charge in [0, 0.05) is 5.56 Å². The van der Waals surface area contributed by atoms with Crippen LogP contribution in [0.25, 0.3) is 17.2 Å². The summed E-state index contributed by atoms with van der Waals surface area (Å²) in [5.74, 6) is -1.01. The molecule has 19 heavy (non-hydrogen) atoms. The average molecular weight is 256 g/mol. The van der Waals surface area contributed by atoms with Crippen molar-refractivity contribution in [2.45, 2.75) is 0 Å². The van der Waals surface area contributed by atoms with Crippen molar-refractivity contribution in [2.24, 2.45) is 5.73 Å². The van der Waals surface area contributed by atoms with E-state index in [0.717, 1.165) is 5.56 Å². The van der Waals surface area contributed by atoms with Crippen LogP contribution >= 0.6 is 0 Å². The predicted octanol–water partition coefficient (Wildman–Crippen LogP) is 2.82. The number of halogens is 1. The van der Waals surface area contributed by atoms with Gasteiger partial charge in [0.15, 0.2) is 0 Å². The monoisotopic (exact) mass is 256 g/mol. The number of benzene rings is 2. The van der Waals surface area contributed by atoms with Crippen LogP contribution in [0, 0.1) is 5.82 Å². The maximum atomic E-state index is 13.2. The summed E-state index contributed by atoms with van der Waals surface area (Å²) in [4.78, 5) is 11.4. The second-order valence-corrected chi connectivity index (χ2v) is 4.07. The Morgan fingerprint density at radius 3 is 2.58 bits per heavy atom. The third-order valence-electron chi connectivity index (χ3n) is 2.88. The van der Waals surface area contributed by atoms with E-state index in [9.17, 15) is 9.18 Å². The molecule has 0 bridgehead atoms. The lowest BCUT2D eigenvalue weighted by Crippen LogP contribution is -2.13. The van der Waals surface area contributed by atoms with Gasteiger partial charge in [-0.1, -0.05) is 30.9 Å². The van der Waals surface area contributed by atoms with Crippen LogP contribution in [-0.4, -0.2) is 5.91 Å². The van der Waals surface area contributed by atoms with Gasteiger partial charge < -0.3 is 11.5 Å². The fraction of sp³-hybridized carbons (Fsp3) is 0. The molecule has 2 aromatic carbocycles. The standard InChI is InChI=1S/C15H13FN2O/c1-2-10-11(4-3-5-12(10)15(18)19)9-6-7-13(16)14(17)8-9/h2-8H,1,17H2,(H2,18,19). The molecule has 3 nitrogen and oxygen atoms in total. The van der Waals surface area contributed by atoms with Gasteiger partial charge in [0.05, 0.1) is 5.69 Å². The second kappa shape index (κ2) is 4.94.